The highest BCUT2D eigenvalue weighted by atomic mass is 16.1. The van der Waals surface area contributed by atoms with Crippen LogP contribution in [0.15, 0.2) is 42.5 Å². The van der Waals surface area contributed by atoms with Crippen molar-refractivity contribution in [2.24, 2.45) is 0 Å². The molecule has 0 heterocycles. The molecule has 3 nitrogen and oxygen atoms in total. The van der Waals surface area contributed by atoms with Crippen LogP contribution in [0.5, 0.6) is 0 Å². The summed E-state index contributed by atoms with van der Waals surface area (Å²) in [5, 5.41) is 2.96. The third-order valence-electron chi connectivity index (χ3n) is 3.60. The Morgan fingerprint density at radius 3 is 2.38 bits per heavy atom. The lowest BCUT2D eigenvalue weighted by atomic mass is 10.0. The van der Waals surface area contributed by atoms with Crippen LogP contribution in [-0.2, 0) is 6.42 Å². The highest BCUT2D eigenvalue weighted by molar-refractivity contribution is 6.04. The molecule has 2 rings (SSSR count). The van der Waals surface area contributed by atoms with Gasteiger partial charge in [-0.2, -0.15) is 0 Å². The maximum atomic E-state index is 12.3. The number of nitrogens with two attached hydrogens (primary N) is 1. The fourth-order valence-electron chi connectivity index (χ4n) is 2.24. The Bertz CT molecular complexity index is 630. The predicted molar refractivity (Wildman–Crippen MR) is 88.7 cm³/mol. The second-order valence-electron chi connectivity index (χ2n) is 5.50. The molecule has 0 spiro atoms. The van der Waals surface area contributed by atoms with Crippen molar-refractivity contribution in [1.29, 1.82) is 0 Å². The number of anilines is 2. The SMILES string of the molecule is CCc1cc(N)ccc1NC(=O)c1ccc(C(C)C)cc1. The zero-order valence-electron chi connectivity index (χ0n) is 12.8. The highest BCUT2D eigenvalue weighted by Gasteiger charge is 2.09. The summed E-state index contributed by atoms with van der Waals surface area (Å²) in [6.45, 7) is 6.32. The Labute approximate surface area is 126 Å². The number of amides is 1. The number of nitrogen functional groups attached to an aromatic ring is 1. The molecule has 0 aliphatic carbocycles. The molecule has 2 aromatic rings. The lowest BCUT2D eigenvalue weighted by Gasteiger charge is -2.11. The summed E-state index contributed by atoms with van der Waals surface area (Å²) in [5.74, 6) is 0.371. The van der Waals surface area contributed by atoms with Crippen molar-refractivity contribution in [2.75, 3.05) is 11.1 Å². The van der Waals surface area contributed by atoms with E-state index >= 15 is 0 Å². The molecule has 0 aliphatic rings. The Hall–Kier alpha value is -2.29. The number of aryl methyl sites for hydroxylation is 1. The van der Waals surface area contributed by atoms with Crippen molar-refractivity contribution in [3.05, 3.63) is 59.2 Å². The minimum Gasteiger partial charge on any atom is -0.399 e. The smallest absolute Gasteiger partial charge is 0.255 e. The van der Waals surface area contributed by atoms with Gasteiger partial charge in [-0.25, -0.2) is 0 Å². The van der Waals surface area contributed by atoms with Crippen LogP contribution < -0.4 is 11.1 Å². The molecule has 110 valence electrons. The van der Waals surface area contributed by atoms with E-state index in [2.05, 4.69) is 19.2 Å². The van der Waals surface area contributed by atoms with E-state index in [0.717, 1.165) is 17.7 Å². The Balaban J connectivity index is 2.18. The molecule has 0 aliphatic heterocycles. The zero-order chi connectivity index (χ0) is 15.4. The summed E-state index contributed by atoms with van der Waals surface area (Å²) in [7, 11) is 0. The number of hydrogen-bond donors (Lipinski definition) is 2. The number of carbonyl (C=O) groups is 1. The molecule has 0 atom stereocenters. The average molecular weight is 282 g/mol. The highest BCUT2D eigenvalue weighted by Crippen LogP contribution is 2.21. The van der Waals surface area contributed by atoms with Crippen molar-refractivity contribution in [3.8, 4) is 0 Å². The van der Waals surface area contributed by atoms with Gasteiger partial charge in [0, 0.05) is 16.9 Å². The van der Waals surface area contributed by atoms with Gasteiger partial charge in [-0.05, 0) is 53.8 Å². The van der Waals surface area contributed by atoms with Crippen molar-refractivity contribution < 1.29 is 4.79 Å². The monoisotopic (exact) mass is 282 g/mol. The third-order valence-corrected chi connectivity index (χ3v) is 3.60. The van der Waals surface area contributed by atoms with Gasteiger partial charge >= 0.3 is 0 Å². The summed E-state index contributed by atoms with van der Waals surface area (Å²) < 4.78 is 0. The summed E-state index contributed by atoms with van der Waals surface area (Å²) in [5.41, 5.74) is 10.3. The van der Waals surface area contributed by atoms with Gasteiger partial charge in [0.05, 0.1) is 0 Å². The standard InChI is InChI=1S/C18H22N2O/c1-4-13-11-16(19)9-10-17(13)20-18(21)15-7-5-14(6-8-15)12(2)3/h5-12H,4,19H2,1-3H3,(H,20,21). The molecule has 0 saturated heterocycles. The van der Waals surface area contributed by atoms with Gasteiger partial charge in [-0.3, -0.25) is 4.79 Å². The van der Waals surface area contributed by atoms with E-state index in [1.54, 1.807) is 6.07 Å². The van der Waals surface area contributed by atoms with Crippen molar-refractivity contribution >= 4 is 17.3 Å². The maximum Gasteiger partial charge on any atom is 0.255 e. The number of carbonyl (C=O) groups excluding carboxylic acids is 1. The molecule has 21 heavy (non-hydrogen) atoms. The van der Waals surface area contributed by atoms with E-state index in [1.807, 2.05) is 43.3 Å². The molecule has 3 heteroatoms. The molecular formula is C18H22N2O. The van der Waals surface area contributed by atoms with Gasteiger partial charge in [0.25, 0.3) is 5.91 Å². The summed E-state index contributed by atoms with van der Waals surface area (Å²) in [6, 6.07) is 13.3. The van der Waals surface area contributed by atoms with Crippen LogP contribution in [0.1, 0.15) is 48.2 Å². The van der Waals surface area contributed by atoms with Gasteiger partial charge < -0.3 is 11.1 Å². The van der Waals surface area contributed by atoms with Gasteiger partial charge in [0.15, 0.2) is 0 Å². The first-order valence-corrected chi connectivity index (χ1v) is 7.31. The molecule has 0 aromatic heterocycles. The molecule has 0 bridgehead atoms. The Morgan fingerprint density at radius 1 is 1.14 bits per heavy atom. The lowest BCUT2D eigenvalue weighted by Crippen LogP contribution is -2.13. The molecule has 0 saturated carbocycles. The van der Waals surface area contributed by atoms with Crippen molar-refractivity contribution in [2.45, 2.75) is 33.1 Å². The first-order chi connectivity index (χ1) is 10.0. The summed E-state index contributed by atoms with van der Waals surface area (Å²) in [4.78, 5) is 12.3. The van der Waals surface area contributed by atoms with Crippen LogP contribution in [-0.4, -0.2) is 5.91 Å². The fraction of sp³-hybridized carbons (Fsp3) is 0.278. The van der Waals surface area contributed by atoms with Crippen LogP contribution in [0.3, 0.4) is 0 Å². The van der Waals surface area contributed by atoms with Gasteiger partial charge in [-0.15, -0.1) is 0 Å². The largest absolute Gasteiger partial charge is 0.399 e. The first kappa shape index (κ1) is 15.1. The molecule has 0 radical (unpaired) electrons. The first-order valence-electron chi connectivity index (χ1n) is 7.31. The van der Waals surface area contributed by atoms with Crippen LogP contribution in [0, 0.1) is 0 Å². The minimum absolute atomic E-state index is 0.0928. The van der Waals surface area contributed by atoms with Crippen LogP contribution in [0.25, 0.3) is 0 Å². The Morgan fingerprint density at radius 2 is 1.81 bits per heavy atom. The molecule has 0 fully saturated rings. The lowest BCUT2D eigenvalue weighted by molar-refractivity contribution is 0.102. The molecule has 2 aromatic carbocycles. The average Bonchev–Trinajstić information content (AvgIpc) is 2.49. The number of hydrogen-bond acceptors (Lipinski definition) is 2. The number of nitrogens with one attached hydrogen (secondary N) is 1. The van der Waals surface area contributed by atoms with Crippen molar-refractivity contribution in [1.82, 2.24) is 0 Å². The molecule has 0 unspecified atom stereocenters. The van der Waals surface area contributed by atoms with Crippen LogP contribution in [0.4, 0.5) is 11.4 Å². The van der Waals surface area contributed by atoms with E-state index in [1.165, 1.54) is 5.56 Å². The number of benzene rings is 2. The zero-order valence-corrected chi connectivity index (χ0v) is 12.8. The van der Waals surface area contributed by atoms with E-state index in [9.17, 15) is 4.79 Å². The molecule has 3 N–H and O–H groups in total. The van der Waals surface area contributed by atoms with E-state index in [-0.39, 0.29) is 5.91 Å². The summed E-state index contributed by atoms with van der Waals surface area (Å²) >= 11 is 0. The maximum absolute atomic E-state index is 12.3. The topological polar surface area (TPSA) is 55.1 Å². The van der Waals surface area contributed by atoms with E-state index in [0.29, 0.717) is 17.2 Å². The van der Waals surface area contributed by atoms with Gasteiger partial charge in [0.1, 0.15) is 0 Å². The summed E-state index contributed by atoms with van der Waals surface area (Å²) in [6.07, 6.45) is 0.826. The molecular weight excluding hydrogens is 260 g/mol. The number of rotatable bonds is 4. The van der Waals surface area contributed by atoms with Gasteiger partial charge in [0.2, 0.25) is 0 Å². The van der Waals surface area contributed by atoms with E-state index < -0.39 is 0 Å². The normalized spacial score (nSPS) is 10.7. The van der Waals surface area contributed by atoms with Gasteiger partial charge in [-0.1, -0.05) is 32.9 Å². The second kappa shape index (κ2) is 6.44. The minimum atomic E-state index is -0.0928. The molecule has 1 amide bonds. The predicted octanol–water partition coefficient (Wildman–Crippen LogP) is 4.21. The fourth-order valence-corrected chi connectivity index (χ4v) is 2.24. The van der Waals surface area contributed by atoms with Crippen LogP contribution >= 0.6 is 0 Å². The third kappa shape index (κ3) is 3.63. The van der Waals surface area contributed by atoms with Crippen LogP contribution in [0.2, 0.25) is 0 Å². The Kier molecular flexibility index (Phi) is 4.63. The quantitative estimate of drug-likeness (QED) is 0.825. The second-order valence-corrected chi connectivity index (χ2v) is 5.50. The van der Waals surface area contributed by atoms with E-state index in [4.69, 9.17) is 5.73 Å². The van der Waals surface area contributed by atoms with Crippen molar-refractivity contribution in [3.63, 3.8) is 0 Å².